The molecule has 0 aliphatic carbocycles. The molecule has 3 heterocycles. The Labute approximate surface area is 109 Å². The zero-order valence-corrected chi connectivity index (χ0v) is 10.9. The van der Waals surface area contributed by atoms with E-state index in [4.69, 9.17) is 0 Å². The minimum absolute atomic E-state index is 0.121. The molecule has 0 aliphatic heterocycles. The number of aromatic nitrogens is 5. The molecule has 0 aromatic carbocycles. The van der Waals surface area contributed by atoms with Crippen molar-refractivity contribution in [2.24, 2.45) is 0 Å². The molecule has 6 heteroatoms. The number of rotatable bonds is 3. The van der Waals surface area contributed by atoms with Crippen LogP contribution in [0.25, 0.3) is 5.52 Å². The summed E-state index contributed by atoms with van der Waals surface area (Å²) in [5.74, 6) is 0. The van der Waals surface area contributed by atoms with Gasteiger partial charge in [0.2, 0.25) is 0 Å². The van der Waals surface area contributed by atoms with Crippen molar-refractivity contribution in [2.45, 2.75) is 26.9 Å². The largest absolute Gasteiger partial charge is 0.349 e. The summed E-state index contributed by atoms with van der Waals surface area (Å²) < 4.78 is 4.95. The van der Waals surface area contributed by atoms with Gasteiger partial charge in [-0.15, -0.1) is 0 Å². The van der Waals surface area contributed by atoms with Gasteiger partial charge in [-0.2, -0.15) is 10.2 Å². The van der Waals surface area contributed by atoms with Gasteiger partial charge in [-0.3, -0.25) is 9.08 Å². The van der Waals surface area contributed by atoms with Crippen LogP contribution in [-0.2, 0) is 13.1 Å². The van der Waals surface area contributed by atoms with E-state index in [-0.39, 0.29) is 5.69 Å². The van der Waals surface area contributed by atoms with Crippen molar-refractivity contribution in [3.8, 4) is 0 Å². The normalized spacial score (nSPS) is 11.3. The van der Waals surface area contributed by atoms with Crippen molar-refractivity contribution in [1.82, 2.24) is 24.0 Å². The van der Waals surface area contributed by atoms with E-state index in [1.54, 1.807) is 16.8 Å². The van der Waals surface area contributed by atoms with Crippen LogP contribution < -0.4 is 5.69 Å². The Bertz CT molecular complexity index is 780. The molecule has 0 spiro atoms. The van der Waals surface area contributed by atoms with Gasteiger partial charge in [-0.05, 0) is 32.0 Å². The highest BCUT2D eigenvalue weighted by molar-refractivity contribution is 5.43. The van der Waals surface area contributed by atoms with Crippen molar-refractivity contribution in [3.63, 3.8) is 0 Å². The molecule has 3 rings (SSSR count). The summed E-state index contributed by atoms with van der Waals surface area (Å²) in [6.07, 6.45) is 3.45. The van der Waals surface area contributed by atoms with E-state index < -0.39 is 0 Å². The van der Waals surface area contributed by atoms with E-state index in [1.165, 1.54) is 4.68 Å². The molecule has 6 nitrogen and oxygen atoms in total. The third-order valence-corrected chi connectivity index (χ3v) is 3.16. The quantitative estimate of drug-likeness (QED) is 0.703. The predicted molar refractivity (Wildman–Crippen MR) is 71.2 cm³/mol. The van der Waals surface area contributed by atoms with Gasteiger partial charge in [0.05, 0.1) is 30.5 Å². The van der Waals surface area contributed by atoms with Crippen LogP contribution in [0.5, 0.6) is 0 Å². The Kier molecular flexibility index (Phi) is 2.70. The lowest BCUT2D eigenvalue weighted by molar-refractivity contribution is 0.464. The molecule has 19 heavy (non-hydrogen) atoms. The van der Waals surface area contributed by atoms with Crippen LogP contribution in [0, 0.1) is 13.8 Å². The maximum atomic E-state index is 12.1. The fourth-order valence-corrected chi connectivity index (χ4v) is 2.22. The molecular formula is C13H15N5O. The summed E-state index contributed by atoms with van der Waals surface area (Å²) in [5, 5.41) is 8.55. The Morgan fingerprint density at radius 2 is 2.00 bits per heavy atom. The van der Waals surface area contributed by atoms with E-state index in [0.717, 1.165) is 16.9 Å². The van der Waals surface area contributed by atoms with Crippen LogP contribution in [-0.4, -0.2) is 24.0 Å². The van der Waals surface area contributed by atoms with E-state index in [2.05, 4.69) is 10.2 Å². The first-order chi connectivity index (χ1) is 9.15. The monoisotopic (exact) mass is 257 g/mol. The first-order valence-corrected chi connectivity index (χ1v) is 6.19. The molecule has 0 saturated carbocycles. The molecule has 0 amide bonds. The lowest BCUT2D eigenvalue weighted by atomic mass is 10.4. The molecule has 3 aromatic heterocycles. The van der Waals surface area contributed by atoms with Gasteiger partial charge in [0.25, 0.3) is 0 Å². The van der Waals surface area contributed by atoms with Gasteiger partial charge in [0.15, 0.2) is 0 Å². The predicted octanol–water partition coefficient (Wildman–Crippen LogP) is 1.01. The van der Waals surface area contributed by atoms with Crippen LogP contribution in [0.1, 0.15) is 11.4 Å². The summed E-state index contributed by atoms with van der Waals surface area (Å²) in [6.45, 7) is 5.11. The molecule has 0 unspecified atom stereocenters. The van der Waals surface area contributed by atoms with Crippen LogP contribution in [0.4, 0.5) is 0 Å². The number of hydrogen-bond donors (Lipinski definition) is 0. The first kappa shape index (κ1) is 11.7. The summed E-state index contributed by atoms with van der Waals surface area (Å²) in [7, 11) is 0. The maximum Gasteiger partial charge on any atom is 0.349 e. The van der Waals surface area contributed by atoms with Crippen LogP contribution in [0.2, 0.25) is 0 Å². The van der Waals surface area contributed by atoms with Crippen molar-refractivity contribution in [3.05, 3.63) is 52.5 Å². The summed E-state index contributed by atoms with van der Waals surface area (Å²) in [5.41, 5.74) is 2.77. The molecule has 0 bridgehead atoms. The Balaban J connectivity index is 1.87. The molecule has 0 saturated heterocycles. The second kappa shape index (κ2) is 4.38. The zero-order valence-electron chi connectivity index (χ0n) is 10.9. The first-order valence-electron chi connectivity index (χ1n) is 6.19. The minimum atomic E-state index is -0.121. The Hall–Kier alpha value is -2.37. The number of nitrogens with zero attached hydrogens (tertiary/aromatic N) is 5. The van der Waals surface area contributed by atoms with Gasteiger partial charge in [-0.25, -0.2) is 9.48 Å². The topological polar surface area (TPSA) is 57.1 Å². The lowest BCUT2D eigenvalue weighted by Gasteiger charge is -2.06. The lowest BCUT2D eigenvalue weighted by Crippen LogP contribution is -2.29. The fraction of sp³-hybridized carbons (Fsp3) is 0.308. The smallest absolute Gasteiger partial charge is 0.268 e. The van der Waals surface area contributed by atoms with Gasteiger partial charge in [0, 0.05) is 11.9 Å². The maximum absolute atomic E-state index is 12.1. The zero-order chi connectivity index (χ0) is 13.4. The Morgan fingerprint density at radius 3 is 2.74 bits per heavy atom. The molecule has 0 aliphatic rings. The van der Waals surface area contributed by atoms with Crippen molar-refractivity contribution in [2.75, 3.05) is 0 Å². The van der Waals surface area contributed by atoms with Gasteiger partial charge >= 0.3 is 5.69 Å². The number of fused-ring (bicyclic) bond motifs is 1. The van der Waals surface area contributed by atoms with Gasteiger partial charge in [0.1, 0.15) is 0 Å². The standard InChI is InChI=1S/C13H15N5O/c1-10-8-11(2)17(15-10)6-7-18-13(19)16-5-3-4-12(16)9-14-18/h3-5,8-9H,6-7H2,1-2H3. The molecule has 3 aromatic rings. The van der Waals surface area contributed by atoms with Crippen molar-refractivity contribution in [1.29, 1.82) is 0 Å². The van der Waals surface area contributed by atoms with E-state index in [9.17, 15) is 4.79 Å². The van der Waals surface area contributed by atoms with E-state index in [1.807, 2.05) is 36.7 Å². The van der Waals surface area contributed by atoms with Crippen LogP contribution >= 0.6 is 0 Å². The average Bonchev–Trinajstić information content (AvgIpc) is 2.96. The summed E-state index contributed by atoms with van der Waals surface area (Å²) >= 11 is 0. The second-order valence-electron chi connectivity index (χ2n) is 4.60. The van der Waals surface area contributed by atoms with E-state index in [0.29, 0.717) is 13.1 Å². The van der Waals surface area contributed by atoms with Crippen LogP contribution in [0.15, 0.2) is 35.4 Å². The average molecular weight is 257 g/mol. The molecule has 0 N–H and O–H groups in total. The fourth-order valence-electron chi connectivity index (χ4n) is 2.22. The molecule has 0 atom stereocenters. The molecule has 98 valence electrons. The second-order valence-corrected chi connectivity index (χ2v) is 4.60. The highest BCUT2D eigenvalue weighted by atomic mass is 16.2. The third kappa shape index (κ3) is 2.05. The SMILES string of the molecule is Cc1cc(C)n(CCn2ncc3cccn3c2=O)n1. The summed E-state index contributed by atoms with van der Waals surface area (Å²) in [6, 6.07) is 5.72. The van der Waals surface area contributed by atoms with Gasteiger partial charge < -0.3 is 0 Å². The molecule has 0 fully saturated rings. The highest BCUT2D eigenvalue weighted by Crippen LogP contribution is 2.02. The number of aryl methyl sites for hydroxylation is 4. The summed E-state index contributed by atoms with van der Waals surface area (Å²) in [4.78, 5) is 12.1. The molecule has 0 radical (unpaired) electrons. The van der Waals surface area contributed by atoms with Gasteiger partial charge in [-0.1, -0.05) is 0 Å². The van der Waals surface area contributed by atoms with Crippen molar-refractivity contribution >= 4 is 5.52 Å². The third-order valence-electron chi connectivity index (χ3n) is 3.16. The van der Waals surface area contributed by atoms with Crippen LogP contribution in [0.3, 0.4) is 0 Å². The molecular weight excluding hydrogens is 242 g/mol. The Morgan fingerprint density at radius 1 is 1.21 bits per heavy atom. The minimum Gasteiger partial charge on any atom is -0.268 e. The number of hydrogen-bond acceptors (Lipinski definition) is 3. The highest BCUT2D eigenvalue weighted by Gasteiger charge is 2.05. The van der Waals surface area contributed by atoms with Crippen molar-refractivity contribution < 1.29 is 0 Å². The van der Waals surface area contributed by atoms with E-state index >= 15 is 0 Å².